The highest BCUT2D eigenvalue weighted by Gasteiger charge is 2.20. The van der Waals surface area contributed by atoms with Gasteiger partial charge in [0.2, 0.25) is 0 Å². The van der Waals surface area contributed by atoms with E-state index in [1.54, 1.807) is 0 Å². The quantitative estimate of drug-likeness (QED) is 0.586. The molecular weight excluding hydrogens is 222 g/mol. The molecule has 1 atom stereocenters. The van der Waals surface area contributed by atoms with Gasteiger partial charge >= 0.3 is 5.97 Å². The van der Waals surface area contributed by atoms with Gasteiger partial charge in [-0.3, -0.25) is 4.79 Å². The Hall–Kier alpha value is -0.0900. The largest absolute Gasteiger partial charge is 0.468 e. The second-order valence-corrected chi connectivity index (χ2v) is 4.13. The lowest BCUT2D eigenvalue weighted by molar-refractivity contribution is -0.139. The van der Waals surface area contributed by atoms with Gasteiger partial charge < -0.3 is 10.1 Å². The van der Waals surface area contributed by atoms with Crippen LogP contribution in [0.4, 0.5) is 0 Å². The molecule has 1 unspecified atom stereocenters. The first-order valence-corrected chi connectivity index (χ1v) is 5.11. The normalized spacial score (nSPS) is 19.8. The van der Waals surface area contributed by atoms with Crippen molar-refractivity contribution >= 4 is 21.9 Å². The zero-order chi connectivity index (χ0) is 8.97. The third kappa shape index (κ3) is 2.75. The highest BCUT2D eigenvalue weighted by molar-refractivity contribution is 9.10. The van der Waals surface area contributed by atoms with Crippen molar-refractivity contribution in [2.45, 2.75) is 30.1 Å². The zero-order valence-corrected chi connectivity index (χ0v) is 8.76. The number of hydrogen-bond acceptors (Lipinski definition) is 3. The molecule has 0 aromatic rings. The van der Waals surface area contributed by atoms with Gasteiger partial charge in [0.25, 0.3) is 0 Å². The van der Waals surface area contributed by atoms with Gasteiger partial charge in [-0.25, -0.2) is 0 Å². The van der Waals surface area contributed by atoms with Gasteiger partial charge in [0.1, 0.15) is 4.83 Å². The summed E-state index contributed by atoms with van der Waals surface area (Å²) in [6.45, 7) is 0.664. The predicted molar refractivity (Wildman–Crippen MR) is 50.4 cm³/mol. The number of halogens is 1. The molecule has 1 N–H and O–H groups in total. The van der Waals surface area contributed by atoms with E-state index in [1.807, 2.05) is 0 Å². The number of nitrogens with one attached hydrogen (secondary N) is 1. The fraction of sp³-hybridized carbons (Fsp3) is 0.875. The van der Waals surface area contributed by atoms with Crippen LogP contribution in [0.5, 0.6) is 0 Å². The number of ether oxygens (including phenoxy) is 1. The van der Waals surface area contributed by atoms with Gasteiger partial charge in [-0.15, -0.1) is 0 Å². The van der Waals surface area contributed by atoms with Crippen LogP contribution < -0.4 is 5.32 Å². The van der Waals surface area contributed by atoms with Crippen molar-refractivity contribution in [2.24, 2.45) is 0 Å². The summed E-state index contributed by atoms with van der Waals surface area (Å²) in [5, 5.41) is 3.29. The van der Waals surface area contributed by atoms with Gasteiger partial charge in [0.15, 0.2) is 0 Å². The van der Waals surface area contributed by atoms with Crippen molar-refractivity contribution in [1.29, 1.82) is 0 Å². The lowest BCUT2D eigenvalue weighted by Crippen LogP contribution is -2.40. The lowest BCUT2D eigenvalue weighted by atomic mass is 9.93. The number of alkyl halides is 1. The van der Waals surface area contributed by atoms with Crippen LogP contribution >= 0.6 is 15.9 Å². The van der Waals surface area contributed by atoms with Crippen molar-refractivity contribution in [1.82, 2.24) is 5.32 Å². The van der Waals surface area contributed by atoms with Crippen LogP contribution in [0.1, 0.15) is 19.3 Å². The highest BCUT2D eigenvalue weighted by Crippen LogP contribution is 2.18. The summed E-state index contributed by atoms with van der Waals surface area (Å²) in [5.74, 6) is -0.207. The van der Waals surface area contributed by atoms with Crippen LogP contribution in [0.2, 0.25) is 0 Å². The number of esters is 1. The van der Waals surface area contributed by atoms with Crippen LogP contribution in [-0.2, 0) is 9.53 Å². The number of carbonyl (C=O) groups is 1. The molecule has 4 heteroatoms. The van der Waals surface area contributed by atoms with Gasteiger partial charge in [-0.2, -0.15) is 0 Å². The monoisotopic (exact) mass is 235 g/mol. The van der Waals surface area contributed by atoms with E-state index < -0.39 is 0 Å². The summed E-state index contributed by atoms with van der Waals surface area (Å²) in [6.07, 6.45) is 3.78. The van der Waals surface area contributed by atoms with Crippen molar-refractivity contribution in [3.63, 3.8) is 0 Å². The minimum atomic E-state index is -0.207. The maximum absolute atomic E-state index is 10.9. The smallest absolute Gasteiger partial charge is 0.320 e. The van der Waals surface area contributed by atoms with E-state index in [0.29, 0.717) is 12.6 Å². The molecule has 0 bridgehead atoms. The Balaban J connectivity index is 2.08. The Bertz CT molecular complexity index is 159. The minimum Gasteiger partial charge on any atom is -0.468 e. The Morgan fingerprint density at radius 1 is 1.75 bits per heavy atom. The minimum absolute atomic E-state index is 0.205. The van der Waals surface area contributed by atoms with E-state index in [9.17, 15) is 4.79 Å². The van der Waals surface area contributed by atoms with E-state index in [0.717, 1.165) is 0 Å². The van der Waals surface area contributed by atoms with Crippen LogP contribution in [-0.4, -0.2) is 30.5 Å². The molecule has 0 heterocycles. The molecule has 12 heavy (non-hydrogen) atoms. The van der Waals surface area contributed by atoms with Crippen LogP contribution in [0.25, 0.3) is 0 Å². The average Bonchev–Trinajstić information content (AvgIpc) is 2.00. The molecule has 1 saturated carbocycles. The zero-order valence-electron chi connectivity index (χ0n) is 7.18. The topological polar surface area (TPSA) is 38.3 Å². The van der Waals surface area contributed by atoms with E-state index >= 15 is 0 Å². The number of carbonyl (C=O) groups excluding carboxylic acids is 1. The second kappa shape index (κ2) is 4.82. The second-order valence-electron chi connectivity index (χ2n) is 3.03. The van der Waals surface area contributed by atoms with E-state index in [-0.39, 0.29) is 10.8 Å². The lowest BCUT2D eigenvalue weighted by Gasteiger charge is -2.27. The van der Waals surface area contributed by atoms with Gasteiger partial charge in [-0.1, -0.05) is 22.4 Å². The number of rotatable bonds is 4. The molecule has 0 aromatic carbocycles. The van der Waals surface area contributed by atoms with Crippen molar-refractivity contribution in [2.75, 3.05) is 13.7 Å². The van der Waals surface area contributed by atoms with Gasteiger partial charge in [0.05, 0.1) is 7.11 Å². The Kier molecular flexibility index (Phi) is 4.01. The molecule has 0 spiro atoms. The molecule has 1 rings (SSSR count). The fourth-order valence-electron chi connectivity index (χ4n) is 1.09. The Labute approximate surface area is 81.0 Å². The molecule has 3 nitrogen and oxygen atoms in total. The van der Waals surface area contributed by atoms with Crippen LogP contribution in [0, 0.1) is 0 Å². The summed E-state index contributed by atoms with van der Waals surface area (Å²) in [6, 6.07) is 0.620. The summed E-state index contributed by atoms with van der Waals surface area (Å²) in [5.41, 5.74) is 0. The first-order chi connectivity index (χ1) is 5.74. The van der Waals surface area contributed by atoms with Crippen molar-refractivity contribution in [3.05, 3.63) is 0 Å². The fourth-order valence-corrected chi connectivity index (χ4v) is 1.47. The van der Waals surface area contributed by atoms with Crippen LogP contribution in [0.15, 0.2) is 0 Å². The molecule has 0 saturated heterocycles. The molecular formula is C8H14BrNO2. The standard InChI is InChI=1S/C8H14BrNO2/c1-12-8(11)7(9)5-10-6-3-2-4-6/h6-7,10H,2-5H2,1H3. The summed E-state index contributed by atoms with van der Waals surface area (Å²) in [7, 11) is 1.40. The Morgan fingerprint density at radius 2 is 2.42 bits per heavy atom. The summed E-state index contributed by atoms with van der Waals surface area (Å²) < 4.78 is 4.57. The molecule has 0 radical (unpaired) electrons. The molecule has 0 aromatic heterocycles. The molecule has 1 aliphatic rings. The van der Waals surface area contributed by atoms with Gasteiger partial charge in [0, 0.05) is 12.6 Å². The molecule has 1 aliphatic carbocycles. The first kappa shape index (κ1) is 9.99. The van der Waals surface area contributed by atoms with E-state index in [1.165, 1.54) is 26.4 Å². The van der Waals surface area contributed by atoms with Crippen LogP contribution in [0.3, 0.4) is 0 Å². The third-order valence-electron chi connectivity index (χ3n) is 2.15. The average molecular weight is 236 g/mol. The first-order valence-electron chi connectivity index (χ1n) is 4.19. The van der Waals surface area contributed by atoms with E-state index in [2.05, 4.69) is 26.0 Å². The molecule has 0 amide bonds. The molecule has 1 fully saturated rings. The summed E-state index contributed by atoms with van der Waals surface area (Å²) in [4.78, 5) is 10.7. The van der Waals surface area contributed by atoms with Gasteiger partial charge in [-0.05, 0) is 12.8 Å². The van der Waals surface area contributed by atoms with Crippen molar-refractivity contribution in [3.8, 4) is 0 Å². The molecule has 0 aliphatic heterocycles. The van der Waals surface area contributed by atoms with Crippen molar-refractivity contribution < 1.29 is 9.53 Å². The summed E-state index contributed by atoms with van der Waals surface area (Å²) >= 11 is 3.25. The Morgan fingerprint density at radius 3 is 2.83 bits per heavy atom. The molecule has 70 valence electrons. The maximum atomic E-state index is 10.9. The predicted octanol–water partition coefficient (Wildman–Crippen LogP) is 1.06. The maximum Gasteiger partial charge on any atom is 0.320 e. The number of hydrogen-bond donors (Lipinski definition) is 1. The third-order valence-corrected chi connectivity index (χ3v) is 2.85. The highest BCUT2D eigenvalue weighted by atomic mass is 79.9. The SMILES string of the molecule is COC(=O)C(Br)CNC1CCC1. The number of methoxy groups -OCH3 is 1. The van der Waals surface area contributed by atoms with E-state index in [4.69, 9.17) is 0 Å².